The minimum absolute atomic E-state index is 0. The van der Waals surface area contributed by atoms with Gasteiger partial charge in [0.25, 0.3) is 11.8 Å². The third-order valence-electron chi connectivity index (χ3n) is 3.99. The summed E-state index contributed by atoms with van der Waals surface area (Å²) in [5.74, 6) is -0.732. The van der Waals surface area contributed by atoms with E-state index >= 15 is 0 Å². The van der Waals surface area contributed by atoms with E-state index in [0.29, 0.717) is 33.9 Å². The van der Waals surface area contributed by atoms with Gasteiger partial charge in [0, 0.05) is 24.8 Å². The third kappa shape index (κ3) is 6.63. The number of carbonyl (C=O) groups excluding carboxylic acids is 2. The maximum Gasteiger partial charge on any atom is 2.00 e. The Hall–Kier alpha value is -3.75. The van der Waals surface area contributed by atoms with Gasteiger partial charge in [0.2, 0.25) is 0 Å². The van der Waals surface area contributed by atoms with Crippen LogP contribution in [0.25, 0.3) is 0 Å². The van der Waals surface area contributed by atoms with Crippen molar-refractivity contribution in [3.05, 3.63) is 89.8 Å². The summed E-state index contributed by atoms with van der Waals surface area (Å²) in [5, 5.41) is 8.19. The van der Waals surface area contributed by atoms with Crippen LogP contribution in [0.4, 0.5) is 0 Å². The second-order valence-electron chi connectivity index (χ2n) is 6.17. The summed E-state index contributed by atoms with van der Waals surface area (Å²) < 4.78 is 0. The molecule has 0 fully saturated rings. The van der Waals surface area contributed by atoms with Gasteiger partial charge in [-0.25, -0.2) is 15.8 Å². The molecule has 2 N–H and O–H groups in total. The summed E-state index contributed by atoms with van der Waals surface area (Å²) in [6.45, 7) is 3.46. The minimum atomic E-state index is -0.366. The van der Waals surface area contributed by atoms with Gasteiger partial charge in [-0.1, -0.05) is 6.07 Å². The van der Waals surface area contributed by atoms with Crippen LogP contribution >= 0.6 is 0 Å². The number of nitrogens with one attached hydrogen (secondary N) is 2. The van der Waals surface area contributed by atoms with Crippen molar-refractivity contribution in [2.24, 2.45) is 10.2 Å². The molecule has 10 heteroatoms. The molecule has 3 aromatic rings. The molecule has 31 heavy (non-hydrogen) atoms. The van der Waals surface area contributed by atoms with Crippen LogP contribution in [0.15, 0.2) is 77.5 Å². The second-order valence-corrected chi connectivity index (χ2v) is 6.17. The number of aromatic nitrogens is 3. The molecule has 2 amide bonds. The van der Waals surface area contributed by atoms with Gasteiger partial charge in [-0.3, -0.25) is 19.6 Å². The third-order valence-corrected chi connectivity index (χ3v) is 3.99. The summed E-state index contributed by atoms with van der Waals surface area (Å²) in [6.07, 6.45) is 6.09. The van der Waals surface area contributed by atoms with Crippen LogP contribution in [0.1, 0.15) is 46.0 Å². The van der Waals surface area contributed by atoms with E-state index in [1.807, 2.05) is 0 Å². The Morgan fingerprint density at radius 2 is 1.19 bits per heavy atom. The van der Waals surface area contributed by atoms with Crippen molar-refractivity contribution in [3.8, 4) is 0 Å². The van der Waals surface area contributed by atoms with Crippen molar-refractivity contribution in [1.82, 2.24) is 25.8 Å². The molecule has 0 unspecified atom stereocenters. The molecule has 0 spiro atoms. The first-order chi connectivity index (χ1) is 14.5. The fourth-order valence-electron chi connectivity index (χ4n) is 2.34. The normalized spacial score (nSPS) is 11.3. The molecule has 0 aromatic carbocycles. The Morgan fingerprint density at radius 1 is 0.742 bits per heavy atom. The summed E-state index contributed by atoms with van der Waals surface area (Å²) in [5.41, 5.74) is 7.93. The predicted molar refractivity (Wildman–Crippen MR) is 112 cm³/mol. The van der Waals surface area contributed by atoms with Crippen molar-refractivity contribution in [2.45, 2.75) is 13.8 Å². The van der Waals surface area contributed by atoms with E-state index < -0.39 is 0 Å². The molecule has 0 saturated heterocycles. The number of hydrogen-bond acceptors (Lipinski definition) is 7. The van der Waals surface area contributed by atoms with Gasteiger partial charge < -0.3 is 0 Å². The molecule has 0 aliphatic heterocycles. The molecule has 159 valence electrons. The van der Waals surface area contributed by atoms with Gasteiger partial charge in [-0.15, -0.1) is 0 Å². The smallest absolute Gasteiger partial charge is 0.267 e. The summed E-state index contributed by atoms with van der Waals surface area (Å²) in [4.78, 5) is 36.4. The van der Waals surface area contributed by atoms with Crippen molar-refractivity contribution in [3.63, 3.8) is 0 Å². The molecular weight excluding hydrogens is 446 g/mol. The molecule has 0 atom stereocenters. The molecule has 0 bridgehead atoms. The fraction of sp³-hybridized carbons (Fsp3) is 0.0952. The molecule has 0 aliphatic carbocycles. The van der Waals surface area contributed by atoms with Crippen molar-refractivity contribution in [2.75, 3.05) is 0 Å². The summed E-state index contributed by atoms with van der Waals surface area (Å²) >= 11 is 0. The average Bonchev–Trinajstić information content (AvgIpc) is 2.81. The zero-order chi connectivity index (χ0) is 21.3. The minimum Gasteiger partial charge on any atom is -0.267 e. The first-order valence-corrected chi connectivity index (χ1v) is 9.01. The SMILES string of the molecule is CC(=NNC(=O)c1cccnc1)c1cccc(C(C)=NNC(=O)c2cccnc2)n1.[Cu+2]. The van der Waals surface area contributed by atoms with Crippen LogP contribution in [0, 0.1) is 0 Å². The number of hydrazone groups is 2. The Kier molecular flexibility index (Phi) is 8.68. The maximum atomic E-state index is 12.1. The molecule has 3 heterocycles. The topological polar surface area (TPSA) is 122 Å². The van der Waals surface area contributed by atoms with E-state index in [-0.39, 0.29) is 28.9 Å². The molecule has 0 aliphatic rings. The van der Waals surface area contributed by atoms with Gasteiger partial charge >= 0.3 is 17.1 Å². The molecule has 3 aromatic heterocycles. The fourth-order valence-corrected chi connectivity index (χ4v) is 2.34. The van der Waals surface area contributed by atoms with E-state index in [2.05, 4.69) is 36.0 Å². The zero-order valence-electron chi connectivity index (χ0n) is 16.7. The van der Waals surface area contributed by atoms with Crippen LogP contribution in [0.5, 0.6) is 0 Å². The average molecular weight is 465 g/mol. The Morgan fingerprint density at radius 3 is 1.58 bits per heavy atom. The standard InChI is InChI=1S/C21H19N7O2.Cu/c1-14(25-27-20(29)16-6-4-10-22-12-16)18-8-3-9-19(24-18)15(2)26-28-21(30)17-7-5-11-23-13-17;/h3-13H,1-2H3,(H,27,29)(H,28,30);/q;+2. The molecular formula is C21H19CuN7O2+2. The largest absolute Gasteiger partial charge is 2.00 e. The number of carbonyl (C=O) groups is 2. The predicted octanol–water partition coefficient (Wildman–Crippen LogP) is 2.18. The van der Waals surface area contributed by atoms with E-state index in [9.17, 15) is 9.59 Å². The van der Waals surface area contributed by atoms with Crippen LogP contribution < -0.4 is 10.9 Å². The Labute approximate surface area is 189 Å². The summed E-state index contributed by atoms with van der Waals surface area (Å²) in [6, 6.07) is 12.0. The first kappa shape index (κ1) is 23.5. The van der Waals surface area contributed by atoms with E-state index in [1.54, 1.807) is 68.7 Å². The molecule has 1 radical (unpaired) electrons. The number of nitrogens with zero attached hydrogens (tertiary/aromatic N) is 5. The van der Waals surface area contributed by atoms with Crippen molar-refractivity contribution < 1.29 is 26.7 Å². The van der Waals surface area contributed by atoms with Gasteiger partial charge in [0.1, 0.15) is 0 Å². The number of pyridine rings is 3. The van der Waals surface area contributed by atoms with Crippen LogP contribution in [-0.4, -0.2) is 38.2 Å². The van der Waals surface area contributed by atoms with Gasteiger partial charge in [0.15, 0.2) is 0 Å². The van der Waals surface area contributed by atoms with Gasteiger partial charge in [-0.05, 0) is 50.2 Å². The number of rotatable bonds is 6. The van der Waals surface area contributed by atoms with Crippen molar-refractivity contribution in [1.29, 1.82) is 0 Å². The van der Waals surface area contributed by atoms with Crippen LogP contribution in [0.3, 0.4) is 0 Å². The van der Waals surface area contributed by atoms with Gasteiger partial charge in [-0.2, -0.15) is 10.2 Å². The number of amides is 2. The molecule has 3 rings (SSSR count). The molecule has 0 saturated carbocycles. The molecule has 9 nitrogen and oxygen atoms in total. The zero-order valence-corrected chi connectivity index (χ0v) is 17.6. The van der Waals surface area contributed by atoms with Crippen molar-refractivity contribution >= 4 is 23.2 Å². The second kappa shape index (κ2) is 11.4. The maximum absolute atomic E-state index is 12.1. The van der Waals surface area contributed by atoms with E-state index in [4.69, 9.17) is 0 Å². The van der Waals surface area contributed by atoms with Crippen LogP contribution in [0.2, 0.25) is 0 Å². The van der Waals surface area contributed by atoms with Gasteiger partial charge in [0.05, 0.1) is 33.9 Å². The van der Waals surface area contributed by atoms with E-state index in [1.165, 1.54) is 12.4 Å². The Bertz CT molecular complexity index is 1020. The summed E-state index contributed by atoms with van der Waals surface area (Å²) in [7, 11) is 0. The first-order valence-electron chi connectivity index (χ1n) is 9.01. The monoisotopic (exact) mass is 464 g/mol. The quantitative estimate of drug-likeness (QED) is 0.329. The number of hydrogen-bond donors (Lipinski definition) is 2. The van der Waals surface area contributed by atoms with E-state index in [0.717, 1.165) is 0 Å². The Balaban J connectivity index is 0.00000341. The van der Waals surface area contributed by atoms with Crippen LogP contribution in [-0.2, 0) is 17.1 Å².